The molecule has 1 aromatic carbocycles. The van der Waals surface area contributed by atoms with Gasteiger partial charge in [0.25, 0.3) is 0 Å². The van der Waals surface area contributed by atoms with E-state index in [0.29, 0.717) is 11.3 Å². The molecule has 1 unspecified atom stereocenters. The first-order valence-electron chi connectivity index (χ1n) is 5.62. The molecule has 0 amide bonds. The van der Waals surface area contributed by atoms with Crippen molar-refractivity contribution in [3.05, 3.63) is 24.0 Å². The van der Waals surface area contributed by atoms with Gasteiger partial charge in [0, 0.05) is 6.07 Å². The highest BCUT2D eigenvalue weighted by molar-refractivity contribution is 7.91. The fourth-order valence-corrected chi connectivity index (χ4v) is 2.69. The highest BCUT2D eigenvalue weighted by Crippen LogP contribution is 2.19. The number of carbonyl (C=O) groups is 1. The van der Waals surface area contributed by atoms with Gasteiger partial charge in [-0.2, -0.15) is 0 Å². The molecule has 0 bridgehead atoms. The Morgan fingerprint density at radius 1 is 1.56 bits per heavy atom. The molecule has 96 valence electrons. The van der Waals surface area contributed by atoms with Gasteiger partial charge in [-0.25, -0.2) is 9.78 Å². The van der Waals surface area contributed by atoms with Crippen LogP contribution in [0.5, 0.6) is 0 Å². The quantitative estimate of drug-likeness (QED) is 0.677. The van der Waals surface area contributed by atoms with Crippen molar-refractivity contribution in [2.24, 2.45) is 0 Å². The summed E-state index contributed by atoms with van der Waals surface area (Å²) in [4.78, 5) is 19.0. The number of hydrogen-bond acceptors (Lipinski definition) is 4. The number of aromatic amines is 1. The molecule has 0 aliphatic rings. The number of imidazole rings is 1. The molecule has 5 nitrogen and oxygen atoms in total. The smallest absolute Gasteiger partial charge is 0.374 e. The first-order chi connectivity index (χ1) is 8.65. The van der Waals surface area contributed by atoms with Crippen molar-refractivity contribution < 1.29 is 14.1 Å². The van der Waals surface area contributed by atoms with Crippen LogP contribution in [-0.2, 0) is 15.9 Å². The second-order valence-corrected chi connectivity index (χ2v) is 5.38. The van der Waals surface area contributed by atoms with Crippen molar-refractivity contribution in [1.29, 1.82) is 0 Å². The third kappa shape index (κ3) is 2.49. The molecule has 0 saturated heterocycles. The van der Waals surface area contributed by atoms with Crippen LogP contribution < -0.4 is 0 Å². The zero-order valence-corrected chi connectivity index (χ0v) is 11.0. The van der Waals surface area contributed by atoms with Crippen molar-refractivity contribution in [1.82, 2.24) is 9.97 Å². The molecule has 1 atom stereocenters. The number of esters is 1. The predicted molar refractivity (Wildman–Crippen MR) is 69.0 cm³/mol. The van der Waals surface area contributed by atoms with Gasteiger partial charge in [-0.15, -0.1) is 0 Å². The van der Waals surface area contributed by atoms with E-state index in [-0.39, 0.29) is 5.82 Å². The van der Waals surface area contributed by atoms with Gasteiger partial charge < -0.3 is 14.3 Å². The fourth-order valence-electron chi connectivity index (χ4n) is 1.62. The minimum Gasteiger partial charge on any atom is -0.611 e. The van der Waals surface area contributed by atoms with Gasteiger partial charge >= 0.3 is 5.97 Å². The summed E-state index contributed by atoms with van der Waals surface area (Å²) in [7, 11) is 1.30. The maximum Gasteiger partial charge on any atom is 0.374 e. The van der Waals surface area contributed by atoms with Crippen LogP contribution in [0.3, 0.4) is 0 Å². The lowest BCUT2D eigenvalue weighted by atomic mass is 10.3. The molecule has 0 saturated carbocycles. The number of aromatic nitrogens is 2. The van der Waals surface area contributed by atoms with Crippen LogP contribution in [0.1, 0.15) is 24.0 Å². The average molecular weight is 266 g/mol. The molecule has 18 heavy (non-hydrogen) atoms. The SMILES string of the molecule is CCC[S+]([O-])c1ccc2[nH]c(C(=O)OC)nc2c1. The van der Waals surface area contributed by atoms with Crippen molar-refractivity contribution >= 4 is 28.2 Å². The van der Waals surface area contributed by atoms with E-state index < -0.39 is 17.1 Å². The van der Waals surface area contributed by atoms with E-state index in [1.54, 1.807) is 18.2 Å². The number of ether oxygens (including phenoxy) is 1. The number of fused-ring (bicyclic) bond motifs is 1. The first-order valence-corrected chi connectivity index (χ1v) is 6.94. The Balaban J connectivity index is 2.36. The third-order valence-electron chi connectivity index (χ3n) is 2.49. The normalized spacial score (nSPS) is 12.6. The topological polar surface area (TPSA) is 78.0 Å². The highest BCUT2D eigenvalue weighted by Gasteiger charge is 2.15. The molecule has 0 radical (unpaired) electrons. The Morgan fingerprint density at radius 2 is 2.33 bits per heavy atom. The van der Waals surface area contributed by atoms with Crippen LogP contribution in [0, 0.1) is 0 Å². The van der Waals surface area contributed by atoms with Crippen LogP contribution >= 0.6 is 0 Å². The maximum atomic E-state index is 11.9. The molecular weight excluding hydrogens is 252 g/mol. The largest absolute Gasteiger partial charge is 0.611 e. The monoisotopic (exact) mass is 266 g/mol. The number of benzene rings is 1. The summed E-state index contributed by atoms with van der Waals surface area (Å²) in [6, 6.07) is 5.30. The second-order valence-electron chi connectivity index (χ2n) is 3.81. The molecule has 0 spiro atoms. The minimum absolute atomic E-state index is 0.158. The first kappa shape index (κ1) is 12.9. The van der Waals surface area contributed by atoms with Gasteiger partial charge in [0.15, 0.2) is 4.90 Å². The summed E-state index contributed by atoms with van der Waals surface area (Å²) in [5.41, 5.74) is 1.35. The number of H-pyrrole nitrogens is 1. The molecule has 6 heteroatoms. The summed E-state index contributed by atoms with van der Waals surface area (Å²) >= 11 is -1.01. The molecule has 2 aromatic rings. The zero-order valence-electron chi connectivity index (χ0n) is 10.2. The fraction of sp³-hybridized carbons (Fsp3) is 0.333. The van der Waals surface area contributed by atoms with Crippen LogP contribution in [0.15, 0.2) is 23.1 Å². The second kappa shape index (κ2) is 5.41. The van der Waals surface area contributed by atoms with Crippen LogP contribution in [0.25, 0.3) is 11.0 Å². The summed E-state index contributed by atoms with van der Waals surface area (Å²) in [5, 5.41) is 0. The lowest BCUT2D eigenvalue weighted by Gasteiger charge is -2.08. The predicted octanol–water partition coefficient (Wildman–Crippen LogP) is 1.87. The van der Waals surface area contributed by atoms with Crippen molar-refractivity contribution in [3.8, 4) is 0 Å². The lowest BCUT2D eigenvalue weighted by Crippen LogP contribution is -2.05. The van der Waals surface area contributed by atoms with E-state index >= 15 is 0 Å². The van der Waals surface area contributed by atoms with Gasteiger partial charge in [0.05, 0.1) is 18.1 Å². The van der Waals surface area contributed by atoms with E-state index in [9.17, 15) is 9.35 Å². The highest BCUT2D eigenvalue weighted by atomic mass is 32.2. The third-order valence-corrected chi connectivity index (χ3v) is 4.04. The molecule has 0 aliphatic carbocycles. The molecule has 2 rings (SSSR count). The van der Waals surface area contributed by atoms with Crippen LogP contribution in [0.4, 0.5) is 0 Å². The Labute approximate surface area is 108 Å². The summed E-state index contributed by atoms with van der Waals surface area (Å²) < 4.78 is 16.5. The number of methoxy groups -OCH3 is 1. The Hall–Kier alpha value is -1.53. The van der Waals surface area contributed by atoms with E-state index in [0.717, 1.165) is 16.8 Å². The van der Waals surface area contributed by atoms with Crippen molar-refractivity contribution in [3.63, 3.8) is 0 Å². The number of nitrogens with zero attached hydrogens (tertiary/aromatic N) is 1. The summed E-state index contributed by atoms with van der Waals surface area (Å²) in [6.45, 7) is 1.99. The zero-order chi connectivity index (χ0) is 13.1. The molecule has 1 heterocycles. The van der Waals surface area contributed by atoms with Gasteiger partial charge in [0.2, 0.25) is 5.82 Å². The number of rotatable bonds is 4. The number of carbonyl (C=O) groups excluding carboxylic acids is 1. The van der Waals surface area contributed by atoms with E-state index in [4.69, 9.17) is 0 Å². The number of hydrogen-bond donors (Lipinski definition) is 1. The molecule has 1 aromatic heterocycles. The van der Waals surface area contributed by atoms with Gasteiger partial charge in [-0.05, 0) is 29.7 Å². The van der Waals surface area contributed by atoms with Crippen LogP contribution in [0.2, 0.25) is 0 Å². The molecule has 0 aliphatic heterocycles. The van der Waals surface area contributed by atoms with E-state index in [2.05, 4.69) is 14.7 Å². The van der Waals surface area contributed by atoms with Gasteiger partial charge in [-0.3, -0.25) is 0 Å². The standard InChI is InChI=1S/C12H14N2O3S/c1-3-6-18(16)8-4-5-9-10(7-8)14-11(13-9)12(15)17-2/h4-5,7H,3,6H2,1-2H3,(H,13,14). The van der Waals surface area contributed by atoms with Crippen molar-refractivity contribution in [2.75, 3.05) is 12.9 Å². The average Bonchev–Trinajstić information content (AvgIpc) is 2.80. The maximum absolute atomic E-state index is 11.9. The van der Waals surface area contributed by atoms with Gasteiger partial charge in [-0.1, -0.05) is 6.92 Å². The Kier molecular flexibility index (Phi) is 3.88. The Morgan fingerprint density at radius 3 is 3.00 bits per heavy atom. The molecule has 0 fully saturated rings. The van der Waals surface area contributed by atoms with Crippen LogP contribution in [-0.4, -0.2) is 33.4 Å². The van der Waals surface area contributed by atoms with E-state index in [1.807, 2.05) is 6.92 Å². The Bertz CT molecular complexity index is 567. The molecule has 1 N–H and O–H groups in total. The number of nitrogens with one attached hydrogen (secondary N) is 1. The van der Waals surface area contributed by atoms with E-state index in [1.165, 1.54) is 7.11 Å². The lowest BCUT2D eigenvalue weighted by molar-refractivity contribution is 0.0588. The summed E-state index contributed by atoms with van der Waals surface area (Å²) in [5.74, 6) is 0.271. The summed E-state index contributed by atoms with van der Waals surface area (Å²) in [6.07, 6.45) is 0.860. The molecular formula is C12H14N2O3S. The minimum atomic E-state index is -1.01. The van der Waals surface area contributed by atoms with Gasteiger partial charge in [0.1, 0.15) is 5.75 Å². The van der Waals surface area contributed by atoms with Crippen molar-refractivity contribution in [2.45, 2.75) is 18.2 Å².